The maximum Gasteiger partial charge on any atom is 0.244 e. The predicted octanol–water partition coefficient (Wildman–Crippen LogP) is 2.34. The smallest absolute Gasteiger partial charge is 0.244 e. The van der Waals surface area contributed by atoms with Gasteiger partial charge in [0.15, 0.2) is 0 Å². The molecule has 1 heterocycles. The summed E-state index contributed by atoms with van der Waals surface area (Å²) in [6, 6.07) is 4.55. The van der Waals surface area contributed by atoms with Crippen molar-refractivity contribution in [3.05, 3.63) is 35.5 Å². The van der Waals surface area contributed by atoms with Crippen LogP contribution in [-0.2, 0) is 10.0 Å². The molecule has 7 heteroatoms. The van der Waals surface area contributed by atoms with Crippen molar-refractivity contribution < 1.29 is 12.8 Å². The fourth-order valence-electron chi connectivity index (χ4n) is 2.78. The Balaban J connectivity index is 2.58. The number of hydrogen-bond donors (Lipinski definition) is 1. The molecule has 0 radical (unpaired) electrons. The molecular formula is C16H22FN3O2S. The van der Waals surface area contributed by atoms with Crippen LogP contribution in [-0.4, -0.2) is 45.1 Å². The highest BCUT2D eigenvalue weighted by Crippen LogP contribution is 2.31. The van der Waals surface area contributed by atoms with Crippen molar-refractivity contribution in [2.24, 2.45) is 4.99 Å². The Morgan fingerprint density at radius 1 is 1.52 bits per heavy atom. The van der Waals surface area contributed by atoms with Crippen LogP contribution in [0.2, 0.25) is 0 Å². The van der Waals surface area contributed by atoms with Gasteiger partial charge in [0, 0.05) is 24.7 Å². The first-order valence-electron chi connectivity index (χ1n) is 7.53. The summed E-state index contributed by atoms with van der Waals surface area (Å²) in [7, 11) is -3.80. The first kappa shape index (κ1) is 17.8. The Hall–Kier alpha value is -1.57. The minimum absolute atomic E-state index is 0.0244. The first-order valence-corrected chi connectivity index (χ1v) is 8.97. The second-order valence-electron chi connectivity index (χ2n) is 5.63. The van der Waals surface area contributed by atoms with Gasteiger partial charge < -0.3 is 5.32 Å². The summed E-state index contributed by atoms with van der Waals surface area (Å²) in [6.45, 7) is 8.51. The lowest BCUT2D eigenvalue weighted by Crippen LogP contribution is -2.41. The van der Waals surface area contributed by atoms with E-state index < -0.39 is 15.9 Å². The van der Waals surface area contributed by atoms with E-state index in [1.807, 2.05) is 6.92 Å². The molecule has 0 aliphatic carbocycles. The van der Waals surface area contributed by atoms with E-state index in [2.05, 4.69) is 17.0 Å². The molecule has 23 heavy (non-hydrogen) atoms. The van der Waals surface area contributed by atoms with E-state index in [1.165, 1.54) is 10.4 Å². The van der Waals surface area contributed by atoms with Crippen molar-refractivity contribution in [2.75, 3.05) is 19.6 Å². The van der Waals surface area contributed by atoms with E-state index in [4.69, 9.17) is 0 Å². The molecule has 1 atom stereocenters. The zero-order valence-corrected chi connectivity index (χ0v) is 14.2. The summed E-state index contributed by atoms with van der Waals surface area (Å²) in [5, 5.41) is 3.20. The van der Waals surface area contributed by atoms with Crippen LogP contribution in [0, 0.1) is 6.92 Å². The number of aliphatic imine (C=N–C) groups is 1. The van der Waals surface area contributed by atoms with Gasteiger partial charge in [-0.15, -0.1) is 0 Å². The predicted molar refractivity (Wildman–Crippen MR) is 90.7 cm³/mol. The van der Waals surface area contributed by atoms with Gasteiger partial charge in [0.2, 0.25) is 10.0 Å². The number of aryl methyl sites for hydroxylation is 1. The molecule has 0 unspecified atom stereocenters. The largest absolute Gasteiger partial charge is 0.315 e. The summed E-state index contributed by atoms with van der Waals surface area (Å²) < 4.78 is 42.0. The van der Waals surface area contributed by atoms with Crippen LogP contribution in [0.15, 0.2) is 34.3 Å². The van der Waals surface area contributed by atoms with E-state index in [9.17, 15) is 12.8 Å². The molecule has 0 saturated carbocycles. The third kappa shape index (κ3) is 3.68. The molecular weight excluding hydrogens is 317 g/mol. The maximum absolute atomic E-state index is 14.4. The van der Waals surface area contributed by atoms with Crippen molar-refractivity contribution in [3.63, 3.8) is 0 Å². The molecule has 126 valence electrons. The van der Waals surface area contributed by atoms with E-state index >= 15 is 0 Å². The summed E-state index contributed by atoms with van der Waals surface area (Å²) >= 11 is 0. The number of nitrogens with one attached hydrogen (secondary N) is 1. The van der Waals surface area contributed by atoms with Crippen molar-refractivity contribution in [3.8, 4) is 0 Å². The molecule has 0 aromatic heterocycles. The Morgan fingerprint density at radius 2 is 2.26 bits per heavy atom. The monoisotopic (exact) mass is 339 g/mol. The van der Waals surface area contributed by atoms with Gasteiger partial charge in [-0.2, -0.15) is 4.31 Å². The third-order valence-electron chi connectivity index (χ3n) is 3.93. The summed E-state index contributed by atoms with van der Waals surface area (Å²) in [5.41, 5.74) is 0.605. The fourth-order valence-corrected chi connectivity index (χ4v) is 4.72. The van der Waals surface area contributed by atoms with Crippen LogP contribution in [0.5, 0.6) is 0 Å². The molecule has 0 spiro atoms. The molecule has 0 amide bonds. The summed E-state index contributed by atoms with van der Waals surface area (Å²) in [6.07, 6.45) is 1.66. The molecule has 2 rings (SSSR count). The molecule has 1 aromatic carbocycles. The third-order valence-corrected chi connectivity index (χ3v) is 5.98. The summed E-state index contributed by atoms with van der Waals surface area (Å²) in [5.74, 6) is -0.697. The number of hydrogen-bond acceptors (Lipinski definition) is 4. The van der Waals surface area contributed by atoms with Gasteiger partial charge in [0.1, 0.15) is 5.83 Å². The Kier molecular flexibility index (Phi) is 5.67. The SMILES string of the molecule is C=N/C=C(/F)c1c(C)cccc1S(=O)(=O)N1CCCNC[C@@H]1C. The van der Waals surface area contributed by atoms with Gasteiger partial charge in [0.25, 0.3) is 0 Å². The minimum atomic E-state index is -3.80. The van der Waals surface area contributed by atoms with Gasteiger partial charge in [-0.1, -0.05) is 12.1 Å². The van der Waals surface area contributed by atoms with Crippen LogP contribution < -0.4 is 5.32 Å². The lowest BCUT2D eigenvalue weighted by molar-refractivity contribution is 0.353. The maximum atomic E-state index is 14.4. The molecule has 1 fully saturated rings. The molecule has 5 nitrogen and oxygen atoms in total. The molecule has 0 bridgehead atoms. The number of nitrogens with zero attached hydrogens (tertiary/aromatic N) is 2. The van der Waals surface area contributed by atoms with Crippen LogP contribution in [0.25, 0.3) is 5.83 Å². The highest BCUT2D eigenvalue weighted by molar-refractivity contribution is 7.89. The minimum Gasteiger partial charge on any atom is -0.315 e. The van der Waals surface area contributed by atoms with Gasteiger partial charge in [-0.25, -0.2) is 12.8 Å². The van der Waals surface area contributed by atoms with Gasteiger partial charge in [-0.3, -0.25) is 4.99 Å². The van der Waals surface area contributed by atoms with Gasteiger partial charge >= 0.3 is 0 Å². The molecule has 1 saturated heterocycles. The second kappa shape index (κ2) is 7.33. The Morgan fingerprint density at radius 3 is 2.96 bits per heavy atom. The van der Waals surface area contributed by atoms with E-state index in [-0.39, 0.29) is 16.5 Å². The first-order chi connectivity index (χ1) is 10.9. The summed E-state index contributed by atoms with van der Waals surface area (Å²) in [4.78, 5) is 3.39. The fraction of sp³-hybridized carbons (Fsp3) is 0.438. The van der Waals surface area contributed by atoms with Crippen LogP contribution in [0.4, 0.5) is 4.39 Å². The number of benzene rings is 1. The van der Waals surface area contributed by atoms with Crippen LogP contribution in [0.3, 0.4) is 0 Å². The normalized spacial score (nSPS) is 21.0. The van der Waals surface area contributed by atoms with Crippen LogP contribution >= 0.6 is 0 Å². The quantitative estimate of drug-likeness (QED) is 0.857. The molecule has 1 aliphatic heterocycles. The van der Waals surface area contributed by atoms with E-state index in [0.29, 0.717) is 18.7 Å². The standard InChI is InChI=1S/C16H22FN3O2S/c1-12-6-4-7-15(16(12)14(17)11-18-3)23(21,22)20-9-5-8-19-10-13(20)2/h4,6-7,11,13,19H,3,5,8-10H2,1-2H3/b14-11+/t13-/m0/s1. The van der Waals surface area contributed by atoms with E-state index in [0.717, 1.165) is 19.2 Å². The zero-order chi connectivity index (χ0) is 17.0. The van der Waals surface area contributed by atoms with Crippen molar-refractivity contribution >= 4 is 22.6 Å². The van der Waals surface area contributed by atoms with Gasteiger partial charge in [-0.05, 0) is 45.2 Å². The van der Waals surface area contributed by atoms with Crippen molar-refractivity contribution in [1.82, 2.24) is 9.62 Å². The van der Waals surface area contributed by atoms with E-state index in [1.54, 1.807) is 19.1 Å². The highest BCUT2D eigenvalue weighted by Gasteiger charge is 2.32. The molecule has 1 N–H and O–H groups in total. The van der Waals surface area contributed by atoms with Crippen molar-refractivity contribution in [1.29, 1.82) is 0 Å². The average Bonchev–Trinajstić information content (AvgIpc) is 2.72. The Bertz CT molecular complexity index is 716. The highest BCUT2D eigenvalue weighted by atomic mass is 32.2. The average molecular weight is 339 g/mol. The zero-order valence-electron chi connectivity index (χ0n) is 13.4. The topological polar surface area (TPSA) is 61.8 Å². The van der Waals surface area contributed by atoms with Crippen LogP contribution in [0.1, 0.15) is 24.5 Å². The lowest BCUT2D eigenvalue weighted by atomic mass is 10.1. The molecule has 1 aromatic rings. The number of rotatable bonds is 4. The number of halogens is 1. The van der Waals surface area contributed by atoms with Gasteiger partial charge in [0.05, 0.1) is 11.1 Å². The Labute approximate surface area is 137 Å². The molecule has 1 aliphatic rings. The van der Waals surface area contributed by atoms with Crippen molar-refractivity contribution in [2.45, 2.75) is 31.2 Å². The second-order valence-corrected chi connectivity index (χ2v) is 7.49. The lowest BCUT2D eigenvalue weighted by Gasteiger charge is -2.27. The number of sulfonamides is 1.